The molecule has 24 heavy (non-hydrogen) atoms. The van der Waals surface area contributed by atoms with E-state index in [-0.39, 0.29) is 24.7 Å². The van der Waals surface area contributed by atoms with Crippen LogP contribution in [0.15, 0.2) is 66.5 Å². The lowest BCUT2D eigenvalue weighted by Gasteiger charge is -2.14. The van der Waals surface area contributed by atoms with Crippen LogP contribution >= 0.6 is 0 Å². The summed E-state index contributed by atoms with van der Waals surface area (Å²) in [6, 6.07) is 8.22. The predicted octanol–water partition coefficient (Wildman–Crippen LogP) is 2.70. The van der Waals surface area contributed by atoms with Gasteiger partial charge in [-0.3, -0.25) is 9.59 Å². The zero-order valence-corrected chi connectivity index (χ0v) is 13.3. The zero-order chi connectivity index (χ0) is 17.4. The molecule has 5 nitrogen and oxygen atoms in total. The van der Waals surface area contributed by atoms with Gasteiger partial charge in [0.1, 0.15) is 11.8 Å². The maximum Gasteiger partial charge on any atom is 0.320 e. The van der Waals surface area contributed by atoms with Crippen molar-refractivity contribution in [2.75, 3.05) is 6.61 Å². The molecule has 0 aromatic heterocycles. The number of carboxylic acid groups (broad SMARTS) is 1. The first kappa shape index (κ1) is 17.7. The second-order valence-electron chi connectivity index (χ2n) is 5.54. The Labute approximate surface area is 141 Å². The Bertz CT molecular complexity index is 661. The third-order valence-electron chi connectivity index (χ3n) is 3.67. The Morgan fingerprint density at radius 3 is 2.71 bits per heavy atom. The number of allylic oxidation sites excluding steroid dienone is 5. The van der Waals surface area contributed by atoms with E-state index in [9.17, 15) is 9.59 Å². The lowest BCUT2D eigenvalue weighted by Crippen LogP contribution is -2.31. The Balaban J connectivity index is 1.77. The highest BCUT2D eigenvalue weighted by atomic mass is 16.5. The largest absolute Gasteiger partial charge is 0.494 e. The van der Waals surface area contributed by atoms with Crippen molar-refractivity contribution in [2.45, 2.75) is 18.9 Å². The van der Waals surface area contributed by atoms with E-state index >= 15 is 0 Å². The van der Waals surface area contributed by atoms with Gasteiger partial charge in [0.2, 0.25) is 0 Å². The minimum absolute atomic E-state index is 0.0160. The fourth-order valence-corrected chi connectivity index (χ4v) is 2.20. The van der Waals surface area contributed by atoms with Gasteiger partial charge in [0.25, 0.3) is 0 Å². The van der Waals surface area contributed by atoms with Crippen LogP contribution in [0.1, 0.15) is 23.2 Å². The van der Waals surface area contributed by atoms with Crippen LogP contribution in [0.25, 0.3) is 0 Å². The molecule has 1 aliphatic rings. The van der Waals surface area contributed by atoms with E-state index in [0.29, 0.717) is 11.3 Å². The van der Waals surface area contributed by atoms with Crippen molar-refractivity contribution in [1.29, 1.82) is 0 Å². The van der Waals surface area contributed by atoms with Crippen molar-refractivity contribution in [3.8, 4) is 0 Å². The fraction of sp³-hybridized carbons (Fsp3) is 0.263. The van der Waals surface area contributed by atoms with Gasteiger partial charge in [0, 0.05) is 12.0 Å². The van der Waals surface area contributed by atoms with Crippen LogP contribution in [0.4, 0.5) is 0 Å². The topological polar surface area (TPSA) is 89.6 Å². The molecule has 0 amide bonds. The van der Waals surface area contributed by atoms with Gasteiger partial charge in [0.05, 0.1) is 6.61 Å². The molecule has 0 bridgehead atoms. The molecule has 0 heterocycles. The number of benzene rings is 1. The summed E-state index contributed by atoms with van der Waals surface area (Å²) in [5.41, 5.74) is 6.08. The number of hydrogen-bond acceptors (Lipinski definition) is 4. The van der Waals surface area contributed by atoms with E-state index in [2.05, 4.69) is 0 Å². The quantitative estimate of drug-likeness (QED) is 0.566. The number of hydrogen-bond donors (Lipinski definition) is 2. The average molecular weight is 327 g/mol. The van der Waals surface area contributed by atoms with Crippen LogP contribution in [0.5, 0.6) is 0 Å². The monoisotopic (exact) mass is 327 g/mol. The number of nitrogens with two attached hydrogens (primary N) is 1. The van der Waals surface area contributed by atoms with Crippen molar-refractivity contribution < 1.29 is 19.4 Å². The molecule has 0 spiro atoms. The molecule has 1 aromatic rings. The van der Waals surface area contributed by atoms with Crippen LogP contribution in [-0.2, 0) is 9.53 Å². The third kappa shape index (κ3) is 5.52. The molecule has 1 aliphatic carbocycles. The maximum absolute atomic E-state index is 12.0. The van der Waals surface area contributed by atoms with Crippen LogP contribution in [0, 0.1) is 5.92 Å². The van der Waals surface area contributed by atoms with E-state index < -0.39 is 12.0 Å². The van der Waals surface area contributed by atoms with Gasteiger partial charge in [-0.2, -0.15) is 0 Å². The third-order valence-corrected chi connectivity index (χ3v) is 3.67. The van der Waals surface area contributed by atoms with Gasteiger partial charge < -0.3 is 15.6 Å². The number of rotatable bonds is 8. The zero-order valence-electron chi connectivity index (χ0n) is 13.3. The molecule has 2 atom stereocenters. The first-order valence-corrected chi connectivity index (χ1v) is 7.83. The summed E-state index contributed by atoms with van der Waals surface area (Å²) < 4.78 is 5.49. The molecule has 126 valence electrons. The fourth-order valence-electron chi connectivity index (χ4n) is 2.20. The summed E-state index contributed by atoms with van der Waals surface area (Å²) in [6.07, 6.45) is 10.2. The molecule has 5 heteroatoms. The lowest BCUT2D eigenvalue weighted by atomic mass is 9.98. The standard InChI is InChI=1S/C19H21NO4/c20-17(19(22)23)12-13-24-16-9-6-14(7-10-16)8-11-18(21)15-4-2-1-3-5-15/h1-6,8-11,14,17H,7,12-13,20H2,(H,22,23). The Morgan fingerprint density at radius 1 is 1.33 bits per heavy atom. The highest BCUT2D eigenvalue weighted by molar-refractivity contribution is 6.04. The van der Waals surface area contributed by atoms with E-state index in [1.54, 1.807) is 18.2 Å². The molecule has 2 rings (SSSR count). The highest BCUT2D eigenvalue weighted by Gasteiger charge is 2.12. The molecule has 2 unspecified atom stereocenters. The van der Waals surface area contributed by atoms with Gasteiger partial charge in [-0.25, -0.2) is 0 Å². The minimum atomic E-state index is -1.03. The molecule has 0 saturated carbocycles. The predicted molar refractivity (Wildman–Crippen MR) is 91.4 cm³/mol. The van der Waals surface area contributed by atoms with E-state index in [4.69, 9.17) is 15.6 Å². The van der Waals surface area contributed by atoms with Crippen LogP contribution in [0.2, 0.25) is 0 Å². The van der Waals surface area contributed by atoms with Crippen LogP contribution < -0.4 is 5.73 Å². The van der Waals surface area contributed by atoms with Crippen LogP contribution in [-0.4, -0.2) is 29.5 Å². The smallest absolute Gasteiger partial charge is 0.320 e. The van der Waals surface area contributed by atoms with Gasteiger partial charge >= 0.3 is 5.97 Å². The normalized spacial score (nSPS) is 18.2. The molecule has 0 radical (unpaired) electrons. The summed E-state index contributed by atoms with van der Waals surface area (Å²) in [4.78, 5) is 22.6. The Hall–Kier alpha value is -2.66. The van der Waals surface area contributed by atoms with Gasteiger partial charge in [-0.15, -0.1) is 0 Å². The van der Waals surface area contributed by atoms with Crippen molar-refractivity contribution in [2.24, 2.45) is 11.7 Å². The molecular weight excluding hydrogens is 306 g/mol. The number of carboxylic acids is 1. The van der Waals surface area contributed by atoms with Crippen molar-refractivity contribution in [3.05, 3.63) is 72.0 Å². The first-order chi connectivity index (χ1) is 11.6. The molecule has 0 saturated heterocycles. The first-order valence-electron chi connectivity index (χ1n) is 7.83. The summed E-state index contributed by atoms with van der Waals surface area (Å²) in [5.74, 6) is -0.198. The van der Waals surface area contributed by atoms with Crippen molar-refractivity contribution >= 4 is 11.8 Å². The van der Waals surface area contributed by atoms with Crippen molar-refractivity contribution in [3.63, 3.8) is 0 Å². The number of ether oxygens (including phenoxy) is 1. The second kappa shape index (κ2) is 8.84. The SMILES string of the molecule is NC(CCOC1=CCC(C=CC(=O)c2ccccc2)C=C1)C(=O)O. The number of carbonyl (C=O) groups excluding carboxylic acids is 1. The molecule has 3 N–H and O–H groups in total. The molecule has 0 fully saturated rings. The highest BCUT2D eigenvalue weighted by Crippen LogP contribution is 2.19. The van der Waals surface area contributed by atoms with Gasteiger partial charge in [-0.05, 0) is 30.6 Å². The van der Waals surface area contributed by atoms with E-state index in [0.717, 1.165) is 6.42 Å². The number of aliphatic carboxylic acids is 1. The van der Waals surface area contributed by atoms with E-state index in [1.165, 1.54) is 0 Å². The Kier molecular flexibility index (Phi) is 6.51. The summed E-state index contributed by atoms with van der Waals surface area (Å²) >= 11 is 0. The maximum atomic E-state index is 12.0. The molecule has 0 aliphatic heterocycles. The molecule has 1 aromatic carbocycles. The summed E-state index contributed by atoms with van der Waals surface area (Å²) in [6.45, 7) is 0.261. The van der Waals surface area contributed by atoms with Crippen LogP contribution in [0.3, 0.4) is 0 Å². The lowest BCUT2D eigenvalue weighted by molar-refractivity contribution is -0.138. The van der Waals surface area contributed by atoms with Gasteiger partial charge in [0.15, 0.2) is 5.78 Å². The van der Waals surface area contributed by atoms with Crippen molar-refractivity contribution in [1.82, 2.24) is 0 Å². The number of carbonyl (C=O) groups is 2. The number of ketones is 1. The van der Waals surface area contributed by atoms with Gasteiger partial charge in [-0.1, -0.05) is 42.5 Å². The molecular formula is C19H21NO4. The Morgan fingerprint density at radius 2 is 2.08 bits per heavy atom. The second-order valence-corrected chi connectivity index (χ2v) is 5.54. The average Bonchev–Trinajstić information content (AvgIpc) is 2.61. The summed E-state index contributed by atoms with van der Waals surface area (Å²) in [5, 5.41) is 8.70. The minimum Gasteiger partial charge on any atom is -0.494 e. The van der Waals surface area contributed by atoms with E-state index in [1.807, 2.05) is 42.5 Å². The summed E-state index contributed by atoms with van der Waals surface area (Å²) in [7, 11) is 0.